The summed E-state index contributed by atoms with van der Waals surface area (Å²) in [6, 6.07) is 10.2. The van der Waals surface area contributed by atoms with Crippen molar-refractivity contribution in [3.05, 3.63) is 47.7 Å². The smallest absolute Gasteiger partial charge is 0.217 e. The highest BCUT2D eigenvalue weighted by molar-refractivity contribution is 5.99. The Bertz CT molecular complexity index is 1040. The third-order valence-electron chi connectivity index (χ3n) is 5.39. The lowest BCUT2D eigenvalue weighted by Gasteiger charge is -2.26. The molecule has 3 N–H and O–H groups in total. The molecule has 1 aromatic carbocycles. The number of hydrazone groups is 1. The summed E-state index contributed by atoms with van der Waals surface area (Å²) in [5.74, 6) is 1.36. The maximum absolute atomic E-state index is 5.96. The molecular formula is C24H32N6O2. The topological polar surface area (TPSA) is 86.8 Å². The third kappa shape index (κ3) is 5.99. The summed E-state index contributed by atoms with van der Waals surface area (Å²) < 4.78 is 11.4. The number of aryl methyl sites for hydroxylation is 1. The molecule has 0 aliphatic carbocycles. The summed E-state index contributed by atoms with van der Waals surface area (Å²) in [6.45, 7) is 9.98. The highest BCUT2D eigenvalue weighted by atomic mass is 16.5. The summed E-state index contributed by atoms with van der Waals surface area (Å²) in [5.41, 5.74) is 7.32. The van der Waals surface area contributed by atoms with Crippen LogP contribution in [0.4, 0.5) is 11.5 Å². The van der Waals surface area contributed by atoms with Crippen LogP contribution in [0.15, 0.2) is 41.6 Å². The number of fused-ring (bicyclic) bond motifs is 1. The number of morpholine rings is 1. The van der Waals surface area contributed by atoms with Gasteiger partial charge in [0, 0.05) is 61.0 Å². The van der Waals surface area contributed by atoms with Crippen LogP contribution in [-0.4, -0.2) is 67.1 Å². The quantitative estimate of drug-likeness (QED) is 0.331. The van der Waals surface area contributed by atoms with E-state index in [1.54, 1.807) is 0 Å². The summed E-state index contributed by atoms with van der Waals surface area (Å²) in [6.07, 6.45) is 4.81. The zero-order valence-electron chi connectivity index (χ0n) is 18.9. The molecule has 8 nitrogen and oxygen atoms in total. The van der Waals surface area contributed by atoms with Gasteiger partial charge in [-0.1, -0.05) is 19.1 Å². The molecule has 0 saturated carbocycles. The number of anilines is 2. The molecule has 0 radical (unpaired) electrons. The second-order valence-electron chi connectivity index (χ2n) is 7.97. The molecule has 1 fully saturated rings. The maximum Gasteiger partial charge on any atom is 0.217 e. The van der Waals surface area contributed by atoms with Crippen LogP contribution in [-0.2, 0) is 4.74 Å². The van der Waals surface area contributed by atoms with Crippen LogP contribution in [0.1, 0.15) is 24.5 Å². The molecule has 1 aliphatic heterocycles. The Labute approximate surface area is 189 Å². The standard InChI is InChI=1S/C24H32N6O2/c1-3-6-25-23-14-20(15-24(28-23)32-12-9-30-7-10-31-11-8-30)29-27-17-19-16-26-22-13-18(2)4-5-21(19)22/h4-5,13-17,26H,3,6-12H2,1-2H3,(H2,25,28,29)/b27-17+. The Morgan fingerprint density at radius 3 is 2.97 bits per heavy atom. The number of nitrogens with one attached hydrogen (secondary N) is 3. The van der Waals surface area contributed by atoms with Crippen molar-refractivity contribution in [1.29, 1.82) is 0 Å². The number of nitrogens with zero attached hydrogens (tertiary/aromatic N) is 3. The van der Waals surface area contributed by atoms with E-state index in [0.29, 0.717) is 12.5 Å². The molecule has 1 aliphatic rings. The molecule has 1 saturated heterocycles. The number of hydrogen-bond acceptors (Lipinski definition) is 7. The minimum Gasteiger partial charge on any atom is -0.476 e. The molecule has 0 amide bonds. The van der Waals surface area contributed by atoms with Crippen molar-refractivity contribution in [1.82, 2.24) is 14.9 Å². The molecule has 170 valence electrons. The summed E-state index contributed by atoms with van der Waals surface area (Å²) >= 11 is 0. The minimum absolute atomic E-state index is 0.583. The highest BCUT2D eigenvalue weighted by Crippen LogP contribution is 2.21. The van der Waals surface area contributed by atoms with Gasteiger partial charge in [0.1, 0.15) is 12.4 Å². The molecule has 2 aromatic heterocycles. The van der Waals surface area contributed by atoms with Gasteiger partial charge >= 0.3 is 0 Å². The third-order valence-corrected chi connectivity index (χ3v) is 5.39. The second kappa shape index (κ2) is 11.0. The van der Waals surface area contributed by atoms with E-state index in [4.69, 9.17) is 9.47 Å². The largest absolute Gasteiger partial charge is 0.476 e. The van der Waals surface area contributed by atoms with Crippen molar-refractivity contribution in [3.8, 4) is 5.88 Å². The average Bonchev–Trinajstić information content (AvgIpc) is 3.20. The predicted molar refractivity (Wildman–Crippen MR) is 130 cm³/mol. The minimum atomic E-state index is 0.583. The van der Waals surface area contributed by atoms with Crippen LogP contribution in [0.3, 0.4) is 0 Å². The van der Waals surface area contributed by atoms with Gasteiger partial charge in [0.2, 0.25) is 5.88 Å². The first-order valence-electron chi connectivity index (χ1n) is 11.3. The molecule has 3 heterocycles. The number of rotatable bonds is 10. The molecule has 3 aromatic rings. The first-order valence-corrected chi connectivity index (χ1v) is 11.3. The van der Waals surface area contributed by atoms with E-state index in [1.165, 1.54) is 5.56 Å². The molecule has 0 spiro atoms. The van der Waals surface area contributed by atoms with Crippen LogP contribution in [0, 0.1) is 6.92 Å². The van der Waals surface area contributed by atoms with E-state index < -0.39 is 0 Å². The monoisotopic (exact) mass is 436 g/mol. The molecule has 0 unspecified atom stereocenters. The van der Waals surface area contributed by atoms with Crippen molar-refractivity contribution >= 4 is 28.6 Å². The van der Waals surface area contributed by atoms with Crippen LogP contribution >= 0.6 is 0 Å². The van der Waals surface area contributed by atoms with Gasteiger partial charge in [-0.2, -0.15) is 10.1 Å². The van der Waals surface area contributed by atoms with E-state index in [1.807, 2.05) is 24.5 Å². The number of hydrogen-bond donors (Lipinski definition) is 3. The Morgan fingerprint density at radius 1 is 1.25 bits per heavy atom. The van der Waals surface area contributed by atoms with Crippen LogP contribution in [0.25, 0.3) is 10.9 Å². The summed E-state index contributed by atoms with van der Waals surface area (Å²) in [4.78, 5) is 10.2. The van der Waals surface area contributed by atoms with Crippen molar-refractivity contribution in [2.45, 2.75) is 20.3 Å². The van der Waals surface area contributed by atoms with E-state index in [2.05, 4.69) is 62.8 Å². The van der Waals surface area contributed by atoms with Crippen molar-refractivity contribution in [3.63, 3.8) is 0 Å². The summed E-state index contributed by atoms with van der Waals surface area (Å²) in [5, 5.41) is 8.92. The van der Waals surface area contributed by atoms with Gasteiger partial charge in [0.05, 0.1) is 25.1 Å². The first kappa shape index (κ1) is 22.1. The van der Waals surface area contributed by atoms with E-state index >= 15 is 0 Å². The first-order chi connectivity index (χ1) is 15.7. The fourth-order valence-electron chi connectivity index (χ4n) is 3.64. The number of aromatic nitrogens is 2. The van der Waals surface area contributed by atoms with Crippen LogP contribution < -0.4 is 15.5 Å². The van der Waals surface area contributed by atoms with Gasteiger partial charge in [-0.15, -0.1) is 0 Å². The second-order valence-corrected chi connectivity index (χ2v) is 7.97. The molecule has 0 atom stereocenters. The molecule has 32 heavy (non-hydrogen) atoms. The van der Waals surface area contributed by atoms with Gasteiger partial charge in [0.15, 0.2) is 0 Å². The lowest BCUT2D eigenvalue weighted by Crippen LogP contribution is -2.38. The van der Waals surface area contributed by atoms with E-state index in [-0.39, 0.29) is 0 Å². The lowest BCUT2D eigenvalue weighted by atomic mass is 10.1. The Morgan fingerprint density at radius 2 is 2.12 bits per heavy atom. The van der Waals surface area contributed by atoms with Crippen LogP contribution in [0.2, 0.25) is 0 Å². The van der Waals surface area contributed by atoms with Crippen molar-refractivity contribution in [2.24, 2.45) is 5.10 Å². The van der Waals surface area contributed by atoms with Gasteiger partial charge in [-0.3, -0.25) is 10.3 Å². The number of H-pyrrole nitrogens is 1. The number of pyridine rings is 1. The molecule has 8 heteroatoms. The Balaban J connectivity index is 1.41. The predicted octanol–water partition coefficient (Wildman–Crippen LogP) is 3.85. The van der Waals surface area contributed by atoms with Crippen molar-refractivity contribution in [2.75, 3.05) is 56.7 Å². The number of aromatic amines is 1. The Kier molecular flexibility index (Phi) is 7.58. The van der Waals surface area contributed by atoms with E-state index in [9.17, 15) is 0 Å². The van der Waals surface area contributed by atoms with Crippen molar-refractivity contribution < 1.29 is 9.47 Å². The zero-order chi connectivity index (χ0) is 22.2. The molecule has 4 rings (SSSR count). The van der Waals surface area contributed by atoms with Gasteiger partial charge in [-0.05, 0) is 25.0 Å². The number of benzene rings is 1. The number of ether oxygens (including phenoxy) is 2. The normalized spacial score (nSPS) is 14.8. The van der Waals surface area contributed by atoms with Gasteiger partial charge < -0.3 is 19.8 Å². The van der Waals surface area contributed by atoms with Crippen LogP contribution in [0.5, 0.6) is 5.88 Å². The summed E-state index contributed by atoms with van der Waals surface area (Å²) in [7, 11) is 0. The van der Waals surface area contributed by atoms with E-state index in [0.717, 1.165) is 73.8 Å². The Hall–Kier alpha value is -3.10. The fourth-order valence-corrected chi connectivity index (χ4v) is 3.64. The fraction of sp³-hybridized carbons (Fsp3) is 0.417. The SMILES string of the molecule is CCCNc1cc(N/N=C/c2c[nH]c3cc(C)ccc23)cc(OCCN2CCOCC2)n1. The lowest BCUT2D eigenvalue weighted by molar-refractivity contribution is 0.0320. The highest BCUT2D eigenvalue weighted by Gasteiger charge is 2.11. The maximum atomic E-state index is 5.96. The molecule has 0 bridgehead atoms. The average molecular weight is 437 g/mol. The molecular weight excluding hydrogens is 404 g/mol. The zero-order valence-corrected chi connectivity index (χ0v) is 18.9. The van der Waals surface area contributed by atoms with Gasteiger partial charge in [0.25, 0.3) is 0 Å². The van der Waals surface area contributed by atoms with Gasteiger partial charge in [-0.25, -0.2) is 0 Å².